The fraction of sp³-hybridized carbons (Fsp3) is 0.424. The van der Waals surface area contributed by atoms with Gasteiger partial charge in [0.1, 0.15) is 5.58 Å². The molecule has 2 aliphatic heterocycles. The van der Waals surface area contributed by atoms with E-state index in [2.05, 4.69) is 89.3 Å². The number of nitrogens with zero attached hydrogens (tertiary/aromatic N) is 3. The molecule has 15 rings (SSSR count). The number of furan rings is 7. The number of pyridine rings is 2. The fourth-order valence-corrected chi connectivity index (χ4v) is 64.8. The molecule has 2 fully saturated rings. The summed E-state index contributed by atoms with van der Waals surface area (Å²) in [5, 5.41) is 34.0. The number of carbonyl (C=O) groups excluding carboxylic acids is 3. The Balaban J connectivity index is 0.000000182. The van der Waals surface area contributed by atoms with Gasteiger partial charge >= 0.3 is 402 Å². The molecule has 0 unspecified atom stereocenters. The summed E-state index contributed by atoms with van der Waals surface area (Å²) in [6, 6.07) is 40.4. The van der Waals surface area contributed by atoms with Crippen molar-refractivity contribution in [3.63, 3.8) is 0 Å². The van der Waals surface area contributed by atoms with Gasteiger partial charge in [0.05, 0.1) is 91.7 Å². The zero-order valence-corrected chi connectivity index (χ0v) is 85.4. The van der Waals surface area contributed by atoms with Gasteiger partial charge in [-0.05, 0) is 70.5 Å². The van der Waals surface area contributed by atoms with Crippen molar-refractivity contribution in [1.29, 1.82) is 0 Å². The van der Waals surface area contributed by atoms with Crippen LogP contribution in [-0.2, 0) is 18.9 Å². The second kappa shape index (κ2) is 56.0. The fourth-order valence-electron chi connectivity index (χ4n) is 16.3. The summed E-state index contributed by atoms with van der Waals surface area (Å²) >= 11 is -4.52. The summed E-state index contributed by atoms with van der Waals surface area (Å²) in [5.41, 5.74) is 7.42. The third-order valence-electron chi connectivity index (χ3n) is 23.1. The molecule has 4 aromatic carbocycles. The summed E-state index contributed by atoms with van der Waals surface area (Å²) in [4.78, 5) is 67.8. The van der Waals surface area contributed by atoms with E-state index >= 15 is 0 Å². The van der Waals surface area contributed by atoms with Crippen LogP contribution in [0.5, 0.6) is 0 Å². The number of fused-ring (bicyclic) bond motifs is 6. The number of nitro groups is 2. The molecule has 9 aromatic heterocycles. The average molecular weight is 2130 g/mol. The quantitative estimate of drug-likeness (QED) is 0.00906. The summed E-state index contributed by atoms with van der Waals surface area (Å²) in [6.07, 6.45) is 40.1. The molecule has 682 valence electrons. The third kappa shape index (κ3) is 29.7. The van der Waals surface area contributed by atoms with Crippen LogP contribution in [0.25, 0.3) is 55.1 Å². The van der Waals surface area contributed by atoms with Crippen LogP contribution in [0.1, 0.15) is 233 Å². The van der Waals surface area contributed by atoms with Gasteiger partial charge in [0, 0.05) is 33.9 Å². The summed E-state index contributed by atoms with van der Waals surface area (Å²) in [7, 11) is 0. The van der Waals surface area contributed by atoms with Crippen molar-refractivity contribution >= 4 is 156 Å². The molecule has 0 saturated carbocycles. The van der Waals surface area contributed by atoms with Crippen LogP contribution in [0.15, 0.2) is 236 Å². The van der Waals surface area contributed by atoms with E-state index in [0.717, 1.165) is 74.3 Å². The van der Waals surface area contributed by atoms with Gasteiger partial charge < -0.3 is 32.1 Å². The first-order valence-electron chi connectivity index (χ1n) is 45.1. The molecule has 13 aromatic rings. The number of unbranched alkanes of at least 4 members (excludes halogenated alkanes) is 9. The molecule has 0 spiro atoms. The van der Waals surface area contributed by atoms with E-state index < -0.39 is 65.0 Å². The van der Waals surface area contributed by atoms with E-state index in [4.69, 9.17) is 49.9 Å². The van der Waals surface area contributed by atoms with Crippen LogP contribution in [0.4, 0.5) is 11.4 Å². The van der Waals surface area contributed by atoms with Gasteiger partial charge in [0.15, 0.2) is 23.9 Å². The van der Waals surface area contributed by atoms with Crippen LogP contribution in [0.3, 0.4) is 0 Å². The molecule has 0 radical (unpaired) electrons. The zero-order valence-electron chi connectivity index (χ0n) is 75.2. The number of halogens is 1. The van der Waals surface area contributed by atoms with Gasteiger partial charge in [-0.1, -0.05) is 48.5 Å². The normalized spacial score (nSPS) is 12.7. The van der Waals surface area contributed by atoms with Crippen LogP contribution in [0.2, 0.25) is 39.9 Å². The summed E-state index contributed by atoms with van der Waals surface area (Å²) < 4.78 is 78.2. The average Bonchev–Trinajstić information content (AvgIpc) is 1.69. The first-order valence-corrected chi connectivity index (χ1v) is 68.4. The largest absolute Gasteiger partial charge is 0.472 e. The number of nitro benzene ring substituents is 2. The van der Waals surface area contributed by atoms with Crippen molar-refractivity contribution in [1.82, 2.24) is 4.98 Å². The van der Waals surface area contributed by atoms with E-state index in [-0.39, 0.29) is 35.3 Å². The Kier molecular flexibility index (Phi) is 45.7. The van der Waals surface area contributed by atoms with Gasteiger partial charge in [-0.25, -0.2) is 0 Å². The van der Waals surface area contributed by atoms with Crippen molar-refractivity contribution in [3.05, 3.63) is 259 Å². The molecule has 0 aliphatic carbocycles. The SMILES string of the molecule is CCC[CH2][Sn]([CH2]CCC)([CH2]CCC)[c]1occc1C1OCCO1.CCC[CH2][Sn]([CH2]CCC)([CH2]CCC)[c]1occc1C=O.CCC[CH2][Sn]([CH2]CCC)([CH2]CCC)[c]1occc1C=O.O=Cc1ccoc1-c1ccccc1[N+](=O)[O-].O=[N+]([O-])c1ccccc1Br.O=c1[nH]c2ccccc2c2occc12.O[n+]1cc2ccoc2c2ccccc21.c1cc(C2OCCO2)co1. The first kappa shape index (κ1) is 104. The van der Waals surface area contributed by atoms with Crippen LogP contribution < -0.4 is 21.6 Å². The predicted octanol–water partition coefficient (Wildman–Crippen LogP) is 26.4. The number of ether oxygens (including phenoxy) is 4. The topological polar surface area (TPSA) is 323 Å². The van der Waals surface area contributed by atoms with E-state index in [1.165, 1.54) is 196 Å². The maximum atomic E-state index is 11.5. The monoisotopic (exact) mass is 2130 g/mol. The molecule has 2 N–H and O–H groups in total. The second-order valence-corrected chi connectivity index (χ2v) is 71.5. The molecule has 0 bridgehead atoms. The predicted molar refractivity (Wildman–Crippen MR) is 511 cm³/mol. The second-order valence-electron chi connectivity index (χ2n) is 32.0. The maximum absolute atomic E-state index is 11.5. The molecule has 0 amide bonds. The number of para-hydroxylation sites is 4. The van der Waals surface area contributed by atoms with Gasteiger partial charge in [0.25, 0.3) is 22.5 Å². The number of H-pyrrole nitrogens is 1. The summed E-state index contributed by atoms with van der Waals surface area (Å²) in [6.45, 7) is 23.3. The molecule has 28 heteroatoms. The van der Waals surface area contributed by atoms with Crippen molar-refractivity contribution in [3.8, 4) is 11.3 Å². The first-order chi connectivity index (χ1) is 61.9. The van der Waals surface area contributed by atoms with Crippen molar-refractivity contribution < 1.29 is 84.0 Å². The molecule has 2 saturated heterocycles. The van der Waals surface area contributed by atoms with E-state index in [9.17, 15) is 44.6 Å². The number of benzene rings is 4. The molecule has 2 aliphatic rings. The number of nitrogens with one attached hydrogen (secondary N) is 1. The number of aromatic amines is 1. The Morgan fingerprint density at radius 3 is 1.32 bits per heavy atom. The standard InChI is InChI=1S/C11H7NO4.C11H8NO2.C11H7NO2.C7H8O3.C7H7O3.C6H4BrNO2.2C5H3O2.9C4H9.3Sn/c13-7-8-5-6-16-11(8)9-3-1-2-4-10(9)12(14)15;13-12-7-8-5-6-14-11(8)9-3-1-2-4-10(9)12;13-11-8-5-6-14-10(8)7-3-1-2-4-9(7)12-11;2*1-2-8-5-6(1)7-9-3-4-10-7;7-5-3-1-2-4-6(5)8(9)10;2*6-3-5-1-2-7-4-5;9*1-3-4-2;;;/h1-7H;1-7,13H;1-6H,(H,12,13);1-2,5,7H,3-4H2;1-2,7H,3-4H2;1-4H;2*1-3H;9*1,3-4H2,2H3;;;/q;+1;;;;;;;;;;;;;;;;;;. The van der Waals surface area contributed by atoms with Gasteiger partial charge in [-0.3, -0.25) is 35.0 Å². The molecule has 0 atom stereocenters. The molecular formula is C99H128BrN4O20Sn3+. The van der Waals surface area contributed by atoms with E-state index in [1.54, 1.807) is 80.0 Å². The zero-order chi connectivity index (χ0) is 91.2. The smallest absolute Gasteiger partial charge is 0.283 e. The number of aldehydes is 3. The minimum atomic E-state index is -2.53. The number of aromatic nitrogens is 2. The van der Waals surface area contributed by atoms with Crippen molar-refractivity contribution in [2.75, 3.05) is 26.4 Å². The van der Waals surface area contributed by atoms with Crippen LogP contribution >= 0.6 is 15.9 Å². The van der Waals surface area contributed by atoms with E-state index in [0.29, 0.717) is 59.3 Å². The number of hydrogen-bond acceptors (Lipinski definition) is 20. The Morgan fingerprint density at radius 2 is 0.843 bits per heavy atom. The molecular weight excluding hydrogens is 2000 g/mol. The van der Waals surface area contributed by atoms with Gasteiger partial charge in [-0.2, -0.15) is 0 Å². The van der Waals surface area contributed by atoms with Crippen LogP contribution in [0, 0.1) is 20.2 Å². The Bertz CT molecular complexity index is 5300. The molecule has 127 heavy (non-hydrogen) atoms. The minimum Gasteiger partial charge on any atom is -0.472 e. The molecule has 11 heterocycles. The Hall–Kier alpha value is -8.69. The molecule has 24 nitrogen and oxygen atoms in total. The van der Waals surface area contributed by atoms with Crippen LogP contribution in [-0.4, -0.2) is 120 Å². The summed E-state index contributed by atoms with van der Waals surface area (Å²) in [5.74, 6) is 0.224. The maximum Gasteiger partial charge on any atom is 0.283 e. The third-order valence-corrected chi connectivity index (χ3v) is 69.1. The van der Waals surface area contributed by atoms with Gasteiger partial charge in [-0.15, -0.1) is 0 Å². The van der Waals surface area contributed by atoms with Gasteiger partial charge in [0.2, 0.25) is 6.20 Å². The Labute approximate surface area is 765 Å². The number of carbonyl (C=O) groups is 3. The number of hydrogen-bond donors (Lipinski definition) is 2. The minimum absolute atomic E-state index is 0.0828. The van der Waals surface area contributed by atoms with E-state index in [1.807, 2.05) is 79.1 Å². The van der Waals surface area contributed by atoms with Crippen molar-refractivity contribution in [2.45, 2.75) is 230 Å². The number of rotatable bonds is 38. The van der Waals surface area contributed by atoms with Crippen molar-refractivity contribution in [2.24, 2.45) is 0 Å². The Morgan fingerprint density at radius 1 is 0.433 bits per heavy atom.